The number of aliphatic carboxylic acids is 1. The van der Waals surface area contributed by atoms with E-state index in [1.54, 1.807) is 0 Å². The maximum Gasteiger partial charge on any atom is 0.322 e. The van der Waals surface area contributed by atoms with Crippen LogP contribution in [0.5, 0.6) is 0 Å². The van der Waals surface area contributed by atoms with Crippen molar-refractivity contribution in [1.82, 2.24) is 9.97 Å². The van der Waals surface area contributed by atoms with Crippen LogP contribution in [-0.4, -0.2) is 27.6 Å². The van der Waals surface area contributed by atoms with Crippen molar-refractivity contribution in [3.63, 3.8) is 0 Å². The van der Waals surface area contributed by atoms with Crippen molar-refractivity contribution in [2.75, 3.05) is 11.9 Å². The van der Waals surface area contributed by atoms with E-state index in [0.29, 0.717) is 5.82 Å². The number of carboxylic acid groups (broad SMARTS) is 1. The van der Waals surface area contributed by atoms with Crippen molar-refractivity contribution in [2.45, 2.75) is 13.3 Å². The molecule has 0 atom stereocenters. The number of hydrogen-bond donors (Lipinski definition) is 2. The van der Waals surface area contributed by atoms with Crippen LogP contribution in [0.1, 0.15) is 12.5 Å². The number of aromatic nitrogens is 2. The van der Waals surface area contributed by atoms with E-state index in [0.717, 1.165) is 17.3 Å². The topological polar surface area (TPSA) is 75.1 Å². The third-order valence-corrected chi connectivity index (χ3v) is 2.52. The van der Waals surface area contributed by atoms with Crippen LogP contribution in [0.15, 0.2) is 24.5 Å². The average molecular weight is 231 g/mol. The van der Waals surface area contributed by atoms with Crippen molar-refractivity contribution in [3.8, 4) is 0 Å². The van der Waals surface area contributed by atoms with Gasteiger partial charge in [-0.05, 0) is 24.1 Å². The number of aryl methyl sites for hydroxylation is 1. The molecule has 0 spiro atoms. The fourth-order valence-electron chi connectivity index (χ4n) is 1.62. The molecule has 2 rings (SSSR count). The largest absolute Gasteiger partial charge is 0.480 e. The van der Waals surface area contributed by atoms with Gasteiger partial charge in [-0.25, -0.2) is 9.97 Å². The molecule has 0 fully saturated rings. The number of nitrogens with zero attached hydrogens (tertiary/aromatic N) is 2. The van der Waals surface area contributed by atoms with Crippen molar-refractivity contribution in [3.05, 3.63) is 30.1 Å². The summed E-state index contributed by atoms with van der Waals surface area (Å²) in [7, 11) is 0. The third-order valence-electron chi connectivity index (χ3n) is 2.52. The summed E-state index contributed by atoms with van der Waals surface area (Å²) in [6, 6.07) is 5.91. The quantitative estimate of drug-likeness (QED) is 0.837. The molecular formula is C12H13N3O2. The van der Waals surface area contributed by atoms with Gasteiger partial charge in [-0.2, -0.15) is 0 Å². The van der Waals surface area contributed by atoms with E-state index in [-0.39, 0.29) is 6.54 Å². The lowest BCUT2D eigenvalue weighted by Crippen LogP contribution is -2.13. The Balaban J connectivity index is 2.43. The van der Waals surface area contributed by atoms with E-state index in [1.807, 2.05) is 18.2 Å². The number of carboxylic acids is 1. The first kappa shape index (κ1) is 11.3. The first-order chi connectivity index (χ1) is 8.20. The van der Waals surface area contributed by atoms with Crippen molar-refractivity contribution in [2.24, 2.45) is 0 Å². The van der Waals surface area contributed by atoms with E-state index in [2.05, 4.69) is 22.2 Å². The number of hydrogen-bond acceptors (Lipinski definition) is 4. The molecule has 0 saturated carbocycles. The molecule has 1 heterocycles. The Labute approximate surface area is 98.5 Å². The predicted molar refractivity (Wildman–Crippen MR) is 65.0 cm³/mol. The highest BCUT2D eigenvalue weighted by Gasteiger charge is 2.05. The summed E-state index contributed by atoms with van der Waals surface area (Å²) >= 11 is 0. The second-order valence-corrected chi connectivity index (χ2v) is 3.67. The van der Waals surface area contributed by atoms with Gasteiger partial charge in [0.25, 0.3) is 0 Å². The Bertz CT molecular complexity index is 554. The van der Waals surface area contributed by atoms with Gasteiger partial charge < -0.3 is 10.4 Å². The average Bonchev–Trinajstić information content (AvgIpc) is 2.35. The van der Waals surface area contributed by atoms with Crippen LogP contribution in [0.25, 0.3) is 10.9 Å². The zero-order valence-corrected chi connectivity index (χ0v) is 9.47. The number of fused-ring (bicyclic) bond motifs is 1. The van der Waals surface area contributed by atoms with Crippen LogP contribution in [-0.2, 0) is 11.2 Å². The minimum atomic E-state index is -0.914. The van der Waals surface area contributed by atoms with Gasteiger partial charge in [0.1, 0.15) is 18.7 Å². The van der Waals surface area contributed by atoms with Crippen molar-refractivity contribution < 1.29 is 9.90 Å². The van der Waals surface area contributed by atoms with Gasteiger partial charge in [0.2, 0.25) is 0 Å². The highest BCUT2D eigenvalue weighted by atomic mass is 16.4. The molecule has 5 heteroatoms. The molecule has 0 radical (unpaired) electrons. The van der Waals surface area contributed by atoms with Gasteiger partial charge in [-0.15, -0.1) is 0 Å². The molecule has 0 bridgehead atoms. The molecule has 0 aliphatic rings. The Kier molecular flexibility index (Phi) is 3.18. The molecule has 2 N–H and O–H groups in total. The first-order valence-electron chi connectivity index (χ1n) is 5.40. The van der Waals surface area contributed by atoms with E-state index < -0.39 is 5.97 Å². The Morgan fingerprint density at radius 1 is 1.41 bits per heavy atom. The maximum absolute atomic E-state index is 10.5. The first-order valence-corrected chi connectivity index (χ1v) is 5.40. The van der Waals surface area contributed by atoms with Crippen molar-refractivity contribution in [1.29, 1.82) is 0 Å². The molecule has 2 aromatic rings. The lowest BCUT2D eigenvalue weighted by Gasteiger charge is -2.07. The number of benzene rings is 1. The SMILES string of the molecule is CCc1ccc2ncnc(NCC(=O)O)c2c1. The molecule has 5 nitrogen and oxygen atoms in total. The summed E-state index contributed by atoms with van der Waals surface area (Å²) in [5, 5.41) is 12.3. The van der Waals surface area contributed by atoms with Crippen LogP contribution in [0.2, 0.25) is 0 Å². The lowest BCUT2D eigenvalue weighted by molar-refractivity contribution is -0.134. The summed E-state index contributed by atoms with van der Waals surface area (Å²) in [6.07, 6.45) is 2.35. The minimum Gasteiger partial charge on any atom is -0.480 e. The summed E-state index contributed by atoms with van der Waals surface area (Å²) in [5.41, 5.74) is 1.98. The smallest absolute Gasteiger partial charge is 0.322 e. The van der Waals surface area contributed by atoms with E-state index in [4.69, 9.17) is 5.11 Å². The minimum absolute atomic E-state index is 0.150. The standard InChI is InChI=1S/C12H13N3O2/c1-2-8-3-4-10-9(5-8)12(15-7-14-10)13-6-11(16)17/h3-5,7H,2,6H2,1H3,(H,16,17)(H,13,14,15). The molecule has 1 aromatic carbocycles. The van der Waals surface area contributed by atoms with Gasteiger partial charge in [0.15, 0.2) is 0 Å². The predicted octanol–water partition coefficient (Wildman–Crippen LogP) is 1.69. The normalized spacial score (nSPS) is 10.4. The third kappa shape index (κ3) is 2.50. The number of anilines is 1. The molecule has 0 aliphatic heterocycles. The van der Waals surface area contributed by atoms with E-state index >= 15 is 0 Å². The second kappa shape index (κ2) is 4.78. The zero-order valence-electron chi connectivity index (χ0n) is 9.47. The second-order valence-electron chi connectivity index (χ2n) is 3.67. The van der Waals surface area contributed by atoms with E-state index in [1.165, 1.54) is 11.9 Å². The van der Waals surface area contributed by atoms with Crippen LogP contribution >= 0.6 is 0 Å². The molecule has 0 unspecified atom stereocenters. The molecule has 0 saturated heterocycles. The molecule has 0 amide bonds. The molecule has 17 heavy (non-hydrogen) atoms. The van der Waals surface area contributed by atoms with Gasteiger partial charge in [-0.3, -0.25) is 4.79 Å². The molecule has 88 valence electrons. The molecule has 0 aliphatic carbocycles. The van der Waals surface area contributed by atoms with Crippen LogP contribution in [0.3, 0.4) is 0 Å². The van der Waals surface area contributed by atoms with Crippen molar-refractivity contribution >= 4 is 22.7 Å². The fraction of sp³-hybridized carbons (Fsp3) is 0.250. The van der Waals surface area contributed by atoms with Gasteiger partial charge >= 0.3 is 5.97 Å². The van der Waals surface area contributed by atoms with Gasteiger partial charge in [-0.1, -0.05) is 13.0 Å². The van der Waals surface area contributed by atoms with E-state index in [9.17, 15) is 4.79 Å². The maximum atomic E-state index is 10.5. The highest BCUT2D eigenvalue weighted by Crippen LogP contribution is 2.20. The summed E-state index contributed by atoms with van der Waals surface area (Å²) < 4.78 is 0. The highest BCUT2D eigenvalue weighted by molar-refractivity contribution is 5.90. The Morgan fingerprint density at radius 2 is 2.24 bits per heavy atom. The van der Waals surface area contributed by atoms with Crippen LogP contribution < -0.4 is 5.32 Å². The Hall–Kier alpha value is -2.17. The fourth-order valence-corrected chi connectivity index (χ4v) is 1.62. The Morgan fingerprint density at radius 3 is 2.94 bits per heavy atom. The monoisotopic (exact) mass is 231 g/mol. The molecule has 1 aromatic heterocycles. The number of carbonyl (C=O) groups is 1. The summed E-state index contributed by atoms with van der Waals surface area (Å²) in [6.45, 7) is 1.91. The number of nitrogens with one attached hydrogen (secondary N) is 1. The zero-order chi connectivity index (χ0) is 12.3. The summed E-state index contributed by atoms with van der Waals surface area (Å²) in [4.78, 5) is 18.7. The summed E-state index contributed by atoms with van der Waals surface area (Å²) in [5.74, 6) is -0.351. The molecular weight excluding hydrogens is 218 g/mol. The van der Waals surface area contributed by atoms with Gasteiger partial charge in [0.05, 0.1) is 5.52 Å². The lowest BCUT2D eigenvalue weighted by atomic mass is 10.1. The van der Waals surface area contributed by atoms with Crippen LogP contribution in [0, 0.1) is 0 Å². The van der Waals surface area contributed by atoms with Gasteiger partial charge in [0, 0.05) is 5.39 Å². The number of rotatable bonds is 4. The van der Waals surface area contributed by atoms with Crippen LogP contribution in [0.4, 0.5) is 5.82 Å².